The van der Waals surface area contributed by atoms with Crippen molar-refractivity contribution in [3.63, 3.8) is 0 Å². The number of anilines is 3. The Bertz CT molecular complexity index is 1520. The summed E-state index contributed by atoms with van der Waals surface area (Å²) in [4.78, 5) is 30.4. The van der Waals surface area contributed by atoms with Crippen LogP contribution in [0.1, 0.15) is 36.8 Å². The lowest BCUT2D eigenvalue weighted by Gasteiger charge is -2.32. The molecule has 0 saturated carbocycles. The Labute approximate surface area is 241 Å². The largest absolute Gasteiger partial charge is 0.416 e. The highest BCUT2D eigenvalue weighted by Gasteiger charge is 2.30. The molecule has 9 nitrogen and oxygen atoms in total. The van der Waals surface area contributed by atoms with Crippen molar-refractivity contribution in [1.82, 2.24) is 29.3 Å². The molecule has 2 N–H and O–H groups in total. The van der Waals surface area contributed by atoms with E-state index in [2.05, 4.69) is 49.8 Å². The van der Waals surface area contributed by atoms with Gasteiger partial charge in [-0.05, 0) is 49.1 Å². The highest BCUT2D eigenvalue weighted by Crippen LogP contribution is 2.31. The van der Waals surface area contributed by atoms with Gasteiger partial charge in [0.1, 0.15) is 0 Å². The zero-order chi connectivity index (χ0) is 29.1. The van der Waals surface area contributed by atoms with E-state index in [9.17, 15) is 18.0 Å². The number of aromatic nitrogens is 4. The number of hydrogen-bond acceptors (Lipinski definition) is 7. The number of piperidine rings is 1. The SMILES string of the molecule is O=C1CCCN1CCn1cnc2c(NC3CCN(Cc4ccccc4)CC3)nc(Nc3ccc(C(F)(F)F)cc3)nc21. The average Bonchev–Trinajstić information content (AvgIpc) is 3.59. The van der Waals surface area contributed by atoms with Gasteiger partial charge in [0.05, 0.1) is 11.9 Å². The number of alkyl halides is 3. The Morgan fingerprint density at radius 1 is 0.929 bits per heavy atom. The van der Waals surface area contributed by atoms with Gasteiger partial charge in [-0.1, -0.05) is 30.3 Å². The highest BCUT2D eigenvalue weighted by molar-refractivity contribution is 5.85. The summed E-state index contributed by atoms with van der Waals surface area (Å²) in [6.07, 6.45) is 0.591. The fraction of sp³-hybridized carbons (Fsp3) is 0.400. The van der Waals surface area contributed by atoms with E-state index in [0.717, 1.165) is 57.6 Å². The Morgan fingerprint density at radius 3 is 2.38 bits per heavy atom. The molecule has 4 aromatic rings. The monoisotopic (exact) mass is 578 g/mol. The van der Waals surface area contributed by atoms with Crippen molar-refractivity contribution in [2.24, 2.45) is 0 Å². The number of amides is 1. The van der Waals surface area contributed by atoms with Crippen LogP contribution in [0.5, 0.6) is 0 Å². The van der Waals surface area contributed by atoms with Crippen LogP contribution in [0.25, 0.3) is 11.2 Å². The Kier molecular flexibility index (Phi) is 7.96. The highest BCUT2D eigenvalue weighted by atomic mass is 19.4. The van der Waals surface area contributed by atoms with Gasteiger partial charge in [0.15, 0.2) is 17.0 Å². The van der Waals surface area contributed by atoms with E-state index in [1.54, 1.807) is 6.33 Å². The molecule has 0 spiro atoms. The van der Waals surface area contributed by atoms with Gasteiger partial charge in [-0.15, -0.1) is 0 Å². The first-order valence-electron chi connectivity index (χ1n) is 14.3. The maximum atomic E-state index is 13.1. The number of imidazole rings is 1. The first-order valence-corrected chi connectivity index (χ1v) is 14.3. The molecule has 2 fully saturated rings. The van der Waals surface area contributed by atoms with E-state index in [1.807, 2.05) is 15.5 Å². The van der Waals surface area contributed by atoms with Crippen molar-refractivity contribution in [1.29, 1.82) is 0 Å². The number of benzene rings is 2. The van der Waals surface area contributed by atoms with Gasteiger partial charge in [0.2, 0.25) is 11.9 Å². The maximum absolute atomic E-state index is 13.1. The van der Waals surface area contributed by atoms with Crippen LogP contribution in [0.15, 0.2) is 60.9 Å². The topological polar surface area (TPSA) is 91.2 Å². The standard InChI is InChI=1S/C30H33F3N8O/c31-30(32,33)22-8-10-23(11-9-22)36-29-37-27(35-24-12-15-39(16-13-24)19-21-5-2-1-3-6-21)26-28(38-29)41(20-34-26)18-17-40-14-4-7-25(40)42/h1-3,5-6,8-11,20,24H,4,7,12-19H2,(H2,35,36,37,38). The van der Waals surface area contributed by atoms with Gasteiger partial charge in [-0.3, -0.25) is 9.69 Å². The van der Waals surface area contributed by atoms with E-state index in [-0.39, 0.29) is 17.9 Å². The van der Waals surface area contributed by atoms with Crippen LogP contribution in [-0.2, 0) is 24.1 Å². The smallest absolute Gasteiger partial charge is 0.365 e. The molecule has 2 aromatic carbocycles. The number of carbonyl (C=O) groups excluding carboxylic acids is 1. The predicted molar refractivity (Wildman–Crippen MR) is 154 cm³/mol. The number of likely N-dealkylation sites (tertiary alicyclic amines) is 2. The quantitative estimate of drug-likeness (QED) is 0.279. The summed E-state index contributed by atoms with van der Waals surface area (Å²) in [5, 5.41) is 6.64. The van der Waals surface area contributed by atoms with Gasteiger partial charge in [0.25, 0.3) is 0 Å². The summed E-state index contributed by atoms with van der Waals surface area (Å²) < 4.78 is 41.1. The molecular formula is C30H33F3N8O. The van der Waals surface area contributed by atoms with Gasteiger partial charge in [-0.25, -0.2) is 4.98 Å². The molecule has 42 heavy (non-hydrogen) atoms. The summed E-state index contributed by atoms with van der Waals surface area (Å²) in [7, 11) is 0. The number of fused-ring (bicyclic) bond motifs is 1. The third-order valence-electron chi connectivity index (χ3n) is 7.89. The second-order valence-electron chi connectivity index (χ2n) is 10.9. The molecule has 2 aromatic heterocycles. The van der Waals surface area contributed by atoms with Gasteiger partial charge in [0, 0.05) is 57.4 Å². The van der Waals surface area contributed by atoms with Crippen LogP contribution in [0, 0.1) is 0 Å². The molecule has 0 unspecified atom stereocenters. The molecule has 0 aliphatic carbocycles. The molecular weight excluding hydrogens is 545 g/mol. The number of nitrogens with zero attached hydrogens (tertiary/aromatic N) is 6. The zero-order valence-electron chi connectivity index (χ0n) is 23.1. The molecule has 0 radical (unpaired) electrons. The van der Waals surface area contributed by atoms with E-state index in [4.69, 9.17) is 4.98 Å². The number of hydrogen-bond donors (Lipinski definition) is 2. The van der Waals surface area contributed by atoms with Gasteiger partial charge >= 0.3 is 6.18 Å². The lowest BCUT2D eigenvalue weighted by atomic mass is 10.0. The fourth-order valence-electron chi connectivity index (χ4n) is 5.58. The van der Waals surface area contributed by atoms with Crippen LogP contribution < -0.4 is 10.6 Å². The third kappa shape index (κ3) is 6.48. The minimum absolute atomic E-state index is 0.152. The zero-order valence-corrected chi connectivity index (χ0v) is 23.1. The molecule has 0 atom stereocenters. The van der Waals surface area contributed by atoms with Crippen molar-refractivity contribution < 1.29 is 18.0 Å². The summed E-state index contributed by atoms with van der Waals surface area (Å²) in [5.41, 5.74) is 2.22. The van der Waals surface area contributed by atoms with Crippen LogP contribution >= 0.6 is 0 Å². The molecule has 6 rings (SSSR count). The van der Waals surface area contributed by atoms with E-state index in [0.29, 0.717) is 42.2 Å². The Hall–Kier alpha value is -4.19. The minimum atomic E-state index is -4.41. The summed E-state index contributed by atoms with van der Waals surface area (Å²) >= 11 is 0. The second-order valence-corrected chi connectivity index (χ2v) is 10.9. The lowest BCUT2D eigenvalue weighted by molar-refractivity contribution is -0.137. The van der Waals surface area contributed by atoms with Crippen molar-refractivity contribution in [2.45, 2.75) is 51.0 Å². The number of carbonyl (C=O) groups is 1. The molecule has 2 saturated heterocycles. The number of nitrogens with one attached hydrogen (secondary N) is 2. The molecule has 4 heterocycles. The van der Waals surface area contributed by atoms with E-state index < -0.39 is 11.7 Å². The summed E-state index contributed by atoms with van der Waals surface area (Å²) in [5.74, 6) is 0.983. The predicted octanol–water partition coefficient (Wildman–Crippen LogP) is 5.29. The summed E-state index contributed by atoms with van der Waals surface area (Å²) in [6.45, 7) is 4.62. The van der Waals surface area contributed by atoms with E-state index in [1.165, 1.54) is 17.7 Å². The molecule has 2 aliphatic heterocycles. The van der Waals surface area contributed by atoms with Gasteiger partial charge in [-0.2, -0.15) is 23.1 Å². The van der Waals surface area contributed by atoms with Crippen LogP contribution in [-0.4, -0.2) is 67.4 Å². The van der Waals surface area contributed by atoms with Crippen molar-refractivity contribution in [3.05, 3.63) is 72.1 Å². The second kappa shape index (κ2) is 12.0. The Morgan fingerprint density at radius 2 is 1.69 bits per heavy atom. The summed E-state index contributed by atoms with van der Waals surface area (Å²) in [6, 6.07) is 15.4. The molecule has 220 valence electrons. The van der Waals surface area contributed by atoms with Gasteiger partial charge < -0.3 is 20.1 Å². The fourth-order valence-corrected chi connectivity index (χ4v) is 5.58. The minimum Gasteiger partial charge on any atom is -0.365 e. The normalized spacial score (nSPS) is 16.8. The lowest BCUT2D eigenvalue weighted by Crippen LogP contribution is -2.38. The molecule has 0 bridgehead atoms. The first kappa shape index (κ1) is 28.0. The first-order chi connectivity index (χ1) is 20.3. The van der Waals surface area contributed by atoms with Crippen LogP contribution in [0.4, 0.5) is 30.6 Å². The van der Waals surface area contributed by atoms with Crippen LogP contribution in [0.2, 0.25) is 0 Å². The van der Waals surface area contributed by atoms with E-state index >= 15 is 0 Å². The number of halogens is 3. The molecule has 1 amide bonds. The van der Waals surface area contributed by atoms with Crippen molar-refractivity contribution in [3.8, 4) is 0 Å². The average molecular weight is 579 g/mol. The maximum Gasteiger partial charge on any atom is 0.416 e. The molecule has 2 aliphatic rings. The van der Waals surface area contributed by atoms with Crippen LogP contribution in [0.3, 0.4) is 0 Å². The third-order valence-corrected chi connectivity index (χ3v) is 7.89. The van der Waals surface area contributed by atoms with Crippen molar-refractivity contribution in [2.75, 3.05) is 36.8 Å². The Balaban J connectivity index is 1.21. The number of rotatable bonds is 9. The van der Waals surface area contributed by atoms with Crippen molar-refractivity contribution >= 4 is 34.5 Å². The molecule has 12 heteroatoms.